The zero-order chi connectivity index (χ0) is 75.3. The Morgan fingerprint density at radius 3 is 1.08 bits per heavy atom. The third kappa shape index (κ3) is 25.3. The van der Waals surface area contributed by atoms with E-state index in [1.54, 1.807) is 31.6 Å². The van der Waals surface area contributed by atoms with Gasteiger partial charge in [0, 0.05) is 48.4 Å². The number of hydrogen-bond acceptors (Lipinski definition) is 19. The molecule has 0 aromatic carbocycles. The minimum Gasteiger partial charge on any atom is -0.477 e. The smallest absolute Gasteiger partial charge is 0.422 e. The molecule has 30 nitrogen and oxygen atoms in total. The van der Waals surface area contributed by atoms with Crippen molar-refractivity contribution in [2.75, 3.05) is 44.8 Å². The molecule has 0 unspecified atom stereocenters. The van der Waals surface area contributed by atoms with Crippen LogP contribution >= 0.6 is 46.3 Å². The summed E-state index contributed by atoms with van der Waals surface area (Å²) in [5.41, 5.74) is 6.16. The summed E-state index contributed by atoms with van der Waals surface area (Å²) in [5, 5.41) is 28.1. The topological polar surface area (TPSA) is 415 Å². The largest absolute Gasteiger partial charge is 0.477 e. The molecular formula is C67H109Cl4N15O15S3. The number of ether oxygens (including phenoxy) is 4. The molecule has 0 aliphatic heterocycles. The predicted molar refractivity (Wildman–Crippen MR) is 396 cm³/mol. The second kappa shape index (κ2) is 38.3. The maximum atomic E-state index is 13.4. The van der Waals surface area contributed by atoms with Gasteiger partial charge in [0.15, 0.2) is 0 Å². The Kier molecular flexibility index (Phi) is 31.8. The van der Waals surface area contributed by atoms with Gasteiger partial charge in [0.05, 0.1) is 63.4 Å². The number of carbonyl (C=O) groups is 4. The van der Waals surface area contributed by atoms with Crippen molar-refractivity contribution in [3.63, 3.8) is 0 Å². The van der Waals surface area contributed by atoms with Gasteiger partial charge < -0.3 is 40.6 Å². The van der Waals surface area contributed by atoms with E-state index in [-0.39, 0.29) is 85.6 Å². The Morgan fingerprint density at radius 1 is 0.548 bits per heavy atom. The van der Waals surface area contributed by atoms with E-state index in [0.29, 0.717) is 115 Å². The van der Waals surface area contributed by atoms with Crippen LogP contribution in [0.3, 0.4) is 0 Å². The van der Waals surface area contributed by atoms with Crippen LogP contribution in [-0.4, -0.2) is 153 Å². The number of carbonyl (C=O) groups excluding carboxylic acids is 5. The molecule has 588 valence electrons. The number of alkyl halides is 2. The summed E-state index contributed by atoms with van der Waals surface area (Å²) >= 11 is 9.53. The summed E-state index contributed by atoms with van der Waals surface area (Å²) in [7, 11) is -7.54. The van der Waals surface area contributed by atoms with Crippen molar-refractivity contribution in [1.29, 1.82) is 0 Å². The molecule has 12 fully saturated rings. The molecule has 0 saturated heterocycles. The molecule has 12 saturated carbocycles. The van der Waals surface area contributed by atoms with Gasteiger partial charge in [-0.25, -0.2) is 38.2 Å². The van der Waals surface area contributed by atoms with Gasteiger partial charge in [0.2, 0.25) is 17.6 Å². The quantitative estimate of drug-likeness (QED) is 0.0154. The van der Waals surface area contributed by atoms with Gasteiger partial charge in [-0.1, -0.05) is 45.9 Å². The second-order valence-electron chi connectivity index (χ2n) is 31.6. The monoisotopic (exact) mass is 1600 g/mol. The molecule has 10 N–H and O–H groups in total. The molecule has 15 rings (SSSR count). The van der Waals surface area contributed by atoms with Crippen molar-refractivity contribution in [3.8, 4) is 17.6 Å². The van der Waals surface area contributed by atoms with Crippen molar-refractivity contribution in [2.24, 2.45) is 104 Å². The van der Waals surface area contributed by atoms with Crippen molar-refractivity contribution in [3.05, 3.63) is 35.3 Å². The number of halogens is 4. The first-order chi connectivity index (χ1) is 48.5. The van der Waals surface area contributed by atoms with Crippen molar-refractivity contribution >= 4 is 106 Å². The number of rotatable bonds is 27. The standard InChI is InChI=1S/C25H41N5O6S.C20H33N5O4S.C20H32N4O2.CH2Cl2.CClNO3S.ClH/c1-15(2)14-35-23-20(22(31)28-21-18-9-16-8-17(11-18)12-19(21)10-16)13-26-30(23)7-6-27-37(33,34)29-24(32)36-25(3,4)5;1-12(2)11-29-20-17(10-22-25(20)4-3-23-30(21,27)28)19(26)24-18-15-6-13-5-14(8-15)9-16(18)7-13;1-12(2)11-26-20-17(10-22-24(20)4-3-21)19(25)23-18-15-6-13-5-14(8-15)9-16(18)7-13;2-1-3;2-7(5,6)3-1-4;/h13,15-19,21,27H,6-12,14H2,1-5H3,(H,28,31)(H,29,32);10,12-16,18,23H,3-9,11H2,1-2H3,(H,24,26)(H2,21,27,28);10,12-16,18H,3-9,11,21H2,1-2H3,(H,23,25);1H2;;1H. The Bertz CT molecular complexity index is 3670. The molecule has 4 amide bonds. The molecule has 0 radical (unpaired) electrons. The van der Waals surface area contributed by atoms with Crippen LogP contribution in [0.5, 0.6) is 17.6 Å². The van der Waals surface area contributed by atoms with E-state index in [2.05, 4.69) is 69.6 Å². The highest BCUT2D eigenvalue weighted by molar-refractivity contribution is 8.12. The van der Waals surface area contributed by atoms with E-state index < -0.39 is 41.3 Å². The molecule has 104 heavy (non-hydrogen) atoms. The third-order valence-electron chi connectivity index (χ3n) is 20.7. The Balaban J connectivity index is 0.000000206. The lowest BCUT2D eigenvalue weighted by molar-refractivity contribution is -0.0120. The van der Waals surface area contributed by atoms with Crippen LogP contribution in [0, 0.1) is 88.8 Å². The van der Waals surface area contributed by atoms with Gasteiger partial charge in [-0.2, -0.15) is 45.3 Å². The van der Waals surface area contributed by atoms with Crippen LogP contribution in [-0.2, 0) is 58.8 Å². The highest BCUT2D eigenvalue weighted by atomic mass is 35.7. The third-order valence-corrected chi connectivity index (χ3v) is 22.8. The van der Waals surface area contributed by atoms with Crippen LogP contribution in [0.2, 0.25) is 0 Å². The Morgan fingerprint density at radius 2 is 0.837 bits per heavy atom. The molecule has 12 bridgehead atoms. The Labute approximate surface area is 633 Å². The molecular weight excluding hydrogens is 1490 g/mol. The molecule has 3 aromatic heterocycles. The number of amides is 4. The van der Waals surface area contributed by atoms with E-state index in [4.69, 9.17) is 57.8 Å². The van der Waals surface area contributed by atoms with E-state index in [1.165, 1.54) is 118 Å². The fourth-order valence-electron chi connectivity index (χ4n) is 17.6. The van der Waals surface area contributed by atoms with Crippen LogP contribution < -0.4 is 55.2 Å². The van der Waals surface area contributed by atoms with Gasteiger partial charge in [-0.3, -0.25) is 14.4 Å². The van der Waals surface area contributed by atoms with Crippen LogP contribution in [0.1, 0.15) is 190 Å². The zero-order valence-corrected chi connectivity index (χ0v) is 66.5. The minimum absolute atomic E-state index is 0. The van der Waals surface area contributed by atoms with Gasteiger partial charge >= 0.3 is 25.5 Å². The average molecular weight is 1600 g/mol. The summed E-state index contributed by atoms with van der Waals surface area (Å²) in [6.07, 6.45) is 23.4. The fourth-order valence-corrected chi connectivity index (χ4v) is 18.9. The van der Waals surface area contributed by atoms with E-state index in [1.807, 2.05) is 32.4 Å². The molecule has 3 heterocycles. The summed E-state index contributed by atoms with van der Waals surface area (Å²) in [6, 6.07) is 0.745. The zero-order valence-electron chi connectivity index (χ0n) is 61.0. The SMILES string of the molecule is CC(C)COc1c(C(=O)NC2C3CC4CC(C3)CC2C4)cnn1CCN.CC(C)COc1c(C(=O)NC2C3CC4CC(C3)CC2C4)cnn1CCNS(=O)(=O)NC(=O)OC(C)(C)C.CC(C)COc1c(C(=O)NC2C3CC4CC(C3)CC2C4)cnn1CCNS(N)(=O)=O.Cl.ClCCl.O=C=NS(=O)(=O)Cl. The summed E-state index contributed by atoms with van der Waals surface area (Å²) in [5.74, 6) is 10.5. The lowest BCUT2D eigenvalue weighted by Gasteiger charge is -2.54. The molecule has 37 heteroatoms. The van der Waals surface area contributed by atoms with Gasteiger partial charge in [0.25, 0.3) is 34.0 Å². The normalized spacial score (nSPS) is 27.1. The maximum absolute atomic E-state index is 13.4. The van der Waals surface area contributed by atoms with E-state index in [0.717, 1.165) is 41.6 Å². The Hall–Kier alpha value is -5.06. The second-order valence-corrected chi connectivity index (χ2v) is 37.5. The molecule has 12 aliphatic rings. The average Bonchev–Trinajstić information content (AvgIpc) is 0.837. The first-order valence-electron chi connectivity index (χ1n) is 36.1. The first kappa shape index (κ1) is 86.2. The summed E-state index contributed by atoms with van der Waals surface area (Å²) in [6.45, 7) is 19.9. The van der Waals surface area contributed by atoms with E-state index >= 15 is 0 Å². The van der Waals surface area contributed by atoms with E-state index in [9.17, 15) is 44.4 Å². The van der Waals surface area contributed by atoms with Crippen molar-refractivity contribution in [1.82, 2.24) is 59.5 Å². The van der Waals surface area contributed by atoms with Crippen molar-refractivity contribution < 1.29 is 68.2 Å². The van der Waals surface area contributed by atoms with Gasteiger partial charge in [-0.05, 0) is 206 Å². The highest BCUT2D eigenvalue weighted by Crippen LogP contribution is 2.56. The maximum Gasteiger partial charge on any atom is 0.422 e. The number of nitrogens with two attached hydrogens (primary N) is 2. The number of nitrogens with one attached hydrogen (secondary N) is 6. The van der Waals surface area contributed by atoms with Crippen LogP contribution in [0.15, 0.2) is 23.0 Å². The fraction of sp³-hybridized carbons (Fsp3) is 0.791. The van der Waals surface area contributed by atoms with Gasteiger partial charge in [0.1, 0.15) is 22.3 Å². The number of nitrogens with zero attached hydrogens (tertiary/aromatic N) is 7. The molecule has 0 atom stereocenters. The number of isocyanates is 1. The molecule has 0 spiro atoms. The molecule has 3 aromatic rings. The summed E-state index contributed by atoms with van der Waals surface area (Å²) < 4.78 is 102. The summed E-state index contributed by atoms with van der Waals surface area (Å²) in [4.78, 5) is 60.5. The predicted octanol–water partition coefficient (Wildman–Crippen LogP) is 8.18. The number of hydrogen-bond donors (Lipinski definition) is 8. The lowest BCUT2D eigenvalue weighted by Crippen LogP contribution is -2.55. The number of aromatic nitrogens is 6. The van der Waals surface area contributed by atoms with Crippen LogP contribution in [0.4, 0.5) is 4.79 Å². The highest BCUT2D eigenvalue weighted by Gasteiger charge is 2.52. The molecule has 12 aliphatic carbocycles. The van der Waals surface area contributed by atoms with Crippen molar-refractivity contribution in [2.45, 2.75) is 202 Å². The van der Waals surface area contributed by atoms with Gasteiger partial charge in [-0.15, -0.1) is 35.6 Å². The first-order valence-corrected chi connectivity index (χ1v) is 42.5. The minimum atomic E-state index is -4.14. The van der Waals surface area contributed by atoms with Crippen LogP contribution in [0.25, 0.3) is 0 Å². The lowest BCUT2D eigenvalue weighted by atomic mass is 9.54.